The molecule has 1 unspecified atom stereocenters. The number of likely N-dealkylation sites (N-methyl/N-ethyl adjacent to an activating group) is 1. The van der Waals surface area contributed by atoms with Gasteiger partial charge in [-0.15, -0.1) is 11.3 Å². The van der Waals surface area contributed by atoms with Gasteiger partial charge in [-0.1, -0.05) is 20.8 Å². The molecule has 0 radical (unpaired) electrons. The highest BCUT2D eigenvalue weighted by Crippen LogP contribution is 2.45. The van der Waals surface area contributed by atoms with Gasteiger partial charge >= 0.3 is 0 Å². The Balaban J connectivity index is 1.68. The molecule has 1 aromatic heterocycles. The lowest BCUT2D eigenvalue weighted by atomic mass is 9.72. The summed E-state index contributed by atoms with van der Waals surface area (Å²) in [6.45, 7) is 10.5. The largest absolute Gasteiger partial charge is 0.368 e. The smallest absolute Gasteiger partial charge is 0.270 e. The summed E-state index contributed by atoms with van der Waals surface area (Å²) < 4.78 is 0. The number of nitro groups is 1. The van der Waals surface area contributed by atoms with E-state index in [1.54, 1.807) is 29.7 Å². The first-order valence-electron chi connectivity index (χ1n) is 11.5. The average molecular weight is 466 g/mol. The summed E-state index contributed by atoms with van der Waals surface area (Å²) >= 11 is 1.60. The molecule has 8 heteroatoms. The van der Waals surface area contributed by atoms with Gasteiger partial charge in [-0.05, 0) is 49.3 Å². The van der Waals surface area contributed by atoms with Crippen LogP contribution in [0.3, 0.4) is 0 Å². The van der Waals surface area contributed by atoms with Gasteiger partial charge in [0.2, 0.25) is 0 Å². The molecule has 1 atom stereocenters. The van der Waals surface area contributed by atoms with Gasteiger partial charge in [0, 0.05) is 60.7 Å². The van der Waals surface area contributed by atoms with Crippen LogP contribution in [0, 0.1) is 32.8 Å². The molecule has 2 aromatic rings. The first kappa shape index (κ1) is 23.4. The van der Waals surface area contributed by atoms with Crippen molar-refractivity contribution in [2.24, 2.45) is 16.3 Å². The Morgan fingerprint density at radius 2 is 2.00 bits per heavy atom. The highest BCUT2D eigenvalue weighted by molar-refractivity contribution is 7.16. The van der Waals surface area contributed by atoms with Gasteiger partial charge in [0.15, 0.2) is 0 Å². The van der Waals surface area contributed by atoms with Crippen LogP contribution in [0.15, 0.2) is 23.2 Å². The number of rotatable bonds is 4. The van der Waals surface area contributed by atoms with Crippen LogP contribution in [-0.2, 0) is 12.8 Å². The summed E-state index contributed by atoms with van der Waals surface area (Å²) in [4.78, 5) is 21.5. The summed E-state index contributed by atoms with van der Waals surface area (Å²) in [7, 11) is 2.10. The molecular weight excluding hydrogens is 434 g/mol. The molecule has 174 valence electrons. The van der Waals surface area contributed by atoms with Crippen molar-refractivity contribution in [3.8, 4) is 6.07 Å². The third-order valence-electron chi connectivity index (χ3n) is 6.97. The third-order valence-corrected chi connectivity index (χ3v) is 8.13. The molecule has 1 fully saturated rings. The lowest BCUT2D eigenvalue weighted by molar-refractivity contribution is -0.384. The molecule has 1 aliphatic heterocycles. The Labute approximate surface area is 199 Å². The zero-order chi connectivity index (χ0) is 23.8. The molecule has 33 heavy (non-hydrogen) atoms. The molecule has 4 rings (SSSR count). The highest BCUT2D eigenvalue weighted by Gasteiger charge is 2.32. The summed E-state index contributed by atoms with van der Waals surface area (Å²) in [5.74, 6) is 0.590. The van der Waals surface area contributed by atoms with Gasteiger partial charge in [0.05, 0.1) is 10.5 Å². The maximum absolute atomic E-state index is 11.4. The van der Waals surface area contributed by atoms with Crippen molar-refractivity contribution in [3.63, 3.8) is 0 Å². The van der Waals surface area contributed by atoms with Crippen molar-refractivity contribution in [1.82, 2.24) is 4.90 Å². The number of anilines is 1. The molecule has 7 nitrogen and oxygen atoms in total. The lowest BCUT2D eigenvalue weighted by Crippen LogP contribution is -2.44. The zero-order valence-corrected chi connectivity index (χ0v) is 20.6. The van der Waals surface area contributed by atoms with Crippen molar-refractivity contribution in [3.05, 3.63) is 49.9 Å². The minimum Gasteiger partial charge on any atom is -0.368 e. The molecule has 2 heterocycles. The van der Waals surface area contributed by atoms with Gasteiger partial charge in [-0.2, -0.15) is 5.26 Å². The van der Waals surface area contributed by atoms with Crippen molar-refractivity contribution < 1.29 is 4.92 Å². The first-order chi connectivity index (χ1) is 15.7. The van der Waals surface area contributed by atoms with Crippen LogP contribution >= 0.6 is 11.3 Å². The molecule has 0 saturated carbocycles. The second kappa shape index (κ2) is 9.24. The van der Waals surface area contributed by atoms with Gasteiger partial charge in [-0.3, -0.25) is 10.1 Å². The zero-order valence-electron chi connectivity index (χ0n) is 19.8. The number of thiophene rings is 1. The standard InChI is InChI=1S/C25H31N5O2S/c1-25(2,3)18-5-7-20-21(15-26)24(33-23(20)14-18)27-16-17-13-19(30(31)32)6-8-22(17)29-11-9-28(4)10-12-29/h6,8,13,16,18H,5,7,9-12,14H2,1-4H3. The summed E-state index contributed by atoms with van der Waals surface area (Å²) in [6.07, 6.45) is 4.69. The second-order valence-corrected chi connectivity index (χ2v) is 11.2. The monoisotopic (exact) mass is 465 g/mol. The van der Waals surface area contributed by atoms with Gasteiger partial charge < -0.3 is 9.80 Å². The minimum absolute atomic E-state index is 0.0494. The number of piperazine rings is 1. The number of aliphatic imine (C=N–C) groups is 1. The van der Waals surface area contributed by atoms with E-state index >= 15 is 0 Å². The van der Waals surface area contributed by atoms with E-state index in [9.17, 15) is 15.4 Å². The molecule has 0 amide bonds. The van der Waals surface area contributed by atoms with E-state index in [-0.39, 0.29) is 16.0 Å². The maximum atomic E-state index is 11.4. The lowest BCUT2D eigenvalue weighted by Gasteiger charge is -2.34. The van der Waals surface area contributed by atoms with E-state index in [0.29, 0.717) is 16.5 Å². The Morgan fingerprint density at radius 1 is 1.27 bits per heavy atom. The fourth-order valence-corrected chi connectivity index (χ4v) is 5.96. The van der Waals surface area contributed by atoms with Gasteiger partial charge in [0.25, 0.3) is 5.69 Å². The van der Waals surface area contributed by atoms with Crippen molar-refractivity contribution in [2.75, 3.05) is 38.1 Å². The van der Waals surface area contributed by atoms with Crippen LogP contribution < -0.4 is 4.90 Å². The molecule has 1 aromatic carbocycles. The summed E-state index contributed by atoms with van der Waals surface area (Å²) in [5, 5.41) is 22.0. The maximum Gasteiger partial charge on any atom is 0.270 e. The molecular formula is C25H31N5O2S. The van der Waals surface area contributed by atoms with Crippen molar-refractivity contribution in [2.45, 2.75) is 40.0 Å². The Kier molecular flexibility index (Phi) is 6.55. The van der Waals surface area contributed by atoms with Crippen LogP contribution in [-0.4, -0.2) is 49.3 Å². The molecule has 0 bridgehead atoms. The number of hydrogen-bond donors (Lipinski definition) is 0. The van der Waals surface area contributed by atoms with E-state index in [1.165, 1.54) is 4.88 Å². The van der Waals surface area contributed by atoms with Crippen LogP contribution in [0.1, 0.15) is 48.8 Å². The highest BCUT2D eigenvalue weighted by atomic mass is 32.1. The Morgan fingerprint density at radius 3 is 2.64 bits per heavy atom. The third kappa shape index (κ3) is 4.94. The number of nitriles is 1. The summed E-state index contributed by atoms with van der Waals surface area (Å²) in [6, 6.07) is 7.35. The number of fused-ring (bicyclic) bond motifs is 1. The number of nitrogens with zero attached hydrogens (tertiary/aromatic N) is 5. The molecule has 0 spiro atoms. The Hall–Kier alpha value is -2.76. The summed E-state index contributed by atoms with van der Waals surface area (Å²) in [5.41, 5.74) is 3.77. The normalized spacial score (nSPS) is 19.5. The molecule has 2 aliphatic rings. The number of non-ortho nitro benzene ring substituents is 1. The van der Waals surface area contributed by atoms with E-state index in [1.807, 2.05) is 6.07 Å². The molecule has 1 saturated heterocycles. The number of hydrogen-bond acceptors (Lipinski definition) is 7. The fourth-order valence-electron chi connectivity index (χ4n) is 4.74. The number of nitro benzene ring substituents is 1. The first-order valence-corrected chi connectivity index (χ1v) is 12.3. The van der Waals surface area contributed by atoms with Gasteiger partial charge in [-0.25, -0.2) is 4.99 Å². The topological polar surface area (TPSA) is 85.8 Å². The molecule has 0 N–H and O–H groups in total. The number of benzene rings is 1. The van der Waals surface area contributed by atoms with E-state index in [2.05, 4.69) is 43.7 Å². The van der Waals surface area contributed by atoms with Crippen LogP contribution in [0.4, 0.5) is 16.4 Å². The fraction of sp³-hybridized carbons (Fsp3) is 0.520. The van der Waals surface area contributed by atoms with Crippen LogP contribution in [0.2, 0.25) is 0 Å². The van der Waals surface area contributed by atoms with E-state index < -0.39 is 0 Å². The Bertz CT molecular complexity index is 1120. The van der Waals surface area contributed by atoms with Crippen LogP contribution in [0.5, 0.6) is 0 Å². The predicted octanol–water partition coefficient (Wildman–Crippen LogP) is 5.18. The van der Waals surface area contributed by atoms with Crippen LogP contribution in [0.25, 0.3) is 0 Å². The minimum atomic E-state index is -0.373. The second-order valence-electron chi connectivity index (χ2n) is 10.2. The van der Waals surface area contributed by atoms with Crippen molar-refractivity contribution >= 4 is 33.9 Å². The average Bonchev–Trinajstić information content (AvgIpc) is 3.14. The van der Waals surface area contributed by atoms with Gasteiger partial charge in [0.1, 0.15) is 11.1 Å². The van der Waals surface area contributed by atoms with E-state index in [0.717, 1.165) is 62.3 Å². The predicted molar refractivity (Wildman–Crippen MR) is 134 cm³/mol. The molecule has 1 aliphatic carbocycles. The quantitative estimate of drug-likeness (QED) is 0.353. The SMILES string of the molecule is CN1CCN(c2ccc([N+](=O)[O-])cc2C=Nc2sc3c(c2C#N)CCC(C(C)(C)C)C3)CC1. The van der Waals surface area contributed by atoms with Crippen molar-refractivity contribution in [1.29, 1.82) is 5.26 Å². The van der Waals surface area contributed by atoms with E-state index in [4.69, 9.17) is 4.99 Å².